The molecule has 0 radical (unpaired) electrons. The van der Waals surface area contributed by atoms with Gasteiger partial charge in [0.05, 0.1) is 17.6 Å². The van der Waals surface area contributed by atoms with E-state index < -0.39 is 11.4 Å². The number of nitrogens with zero attached hydrogens (tertiary/aromatic N) is 3. The standard InChI is InChI=1S/C12H13N3O3/c1-12(2,11(17)18)10-7-13-14-15(10)8-4-3-5-9(16)6-8/h3-7,16H,1-2H3,(H,17,18). The summed E-state index contributed by atoms with van der Waals surface area (Å²) in [6, 6.07) is 6.40. The number of aromatic nitrogens is 3. The SMILES string of the molecule is CC(C)(C(=O)O)c1cnnn1-c1cccc(O)c1. The Bertz CT molecular complexity index is 590. The van der Waals surface area contributed by atoms with Crippen LogP contribution in [-0.4, -0.2) is 31.2 Å². The fourth-order valence-electron chi connectivity index (χ4n) is 1.59. The first kappa shape index (κ1) is 12.1. The molecule has 6 heteroatoms. The second-order valence-corrected chi connectivity index (χ2v) is 4.48. The number of phenols is 1. The Morgan fingerprint density at radius 2 is 2.11 bits per heavy atom. The van der Waals surface area contributed by atoms with Gasteiger partial charge in [0, 0.05) is 6.07 Å². The van der Waals surface area contributed by atoms with Crippen LogP contribution in [0.25, 0.3) is 5.69 Å². The molecule has 0 bridgehead atoms. The van der Waals surface area contributed by atoms with Crippen molar-refractivity contribution in [3.05, 3.63) is 36.2 Å². The number of aliphatic carboxylic acids is 1. The molecule has 0 spiro atoms. The van der Waals surface area contributed by atoms with E-state index in [2.05, 4.69) is 10.3 Å². The number of benzene rings is 1. The average molecular weight is 247 g/mol. The molecule has 0 aliphatic heterocycles. The van der Waals surface area contributed by atoms with Crippen LogP contribution in [0.1, 0.15) is 19.5 Å². The third-order valence-corrected chi connectivity index (χ3v) is 2.80. The number of hydrogen-bond acceptors (Lipinski definition) is 4. The third-order valence-electron chi connectivity index (χ3n) is 2.80. The Morgan fingerprint density at radius 1 is 1.39 bits per heavy atom. The van der Waals surface area contributed by atoms with Crippen molar-refractivity contribution in [2.45, 2.75) is 19.3 Å². The number of rotatable bonds is 3. The molecule has 0 aliphatic rings. The summed E-state index contributed by atoms with van der Waals surface area (Å²) in [6.45, 7) is 3.15. The van der Waals surface area contributed by atoms with Gasteiger partial charge in [-0.15, -0.1) is 5.10 Å². The highest BCUT2D eigenvalue weighted by Crippen LogP contribution is 2.25. The molecule has 0 unspecified atom stereocenters. The number of carbonyl (C=O) groups is 1. The molecule has 1 aromatic carbocycles. The molecule has 0 fully saturated rings. The highest BCUT2D eigenvalue weighted by molar-refractivity contribution is 5.79. The second kappa shape index (κ2) is 4.14. The van der Waals surface area contributed by atoms with E-state index in [0.717, 1.165) is 0 Å². The van der Waals surface area contributed by atoms with Gasteiger partial charge in [0.2, 0.25) is 0 Å². The molecule has 1 heterocycles. The molecular weight excluding hydrogens is 234 g/mol. The smallest absolute Gasteiger partial charge is 0.315 e. The molecule has 2 N–H and O–H groups in total. The number of carboxylic acid groups (broad SMARTS) is 1. The number of carboxylic acids is 1. The van der Waals surface area contributed by atoms with E-state index in [0.29, 0.717) is 11.4 Å². The molecule has 1 aromatic heterocycles. The van der Waals surface area contributed by atoms with Crippen LogP contribution in [0.15, 0.2) is 30.5 Å². The summed E-state index contributed by atoms with van der Waals surface area (Å²) in [5.74, 6) is -0.881. The Hall–Kier alpha value is -2.37. The monoisotopic (exact) mass is 247 g/mol. The van der Waals surface area contributed by atoms with Gasteiger partial charge >= 0.3 is 5.97 Å². The molecule has 94 valence electrons. The second-order valence-electron chi connectivity index (χ2n) is 4.48. The molecule has 0 saturated carbocycles. The zero-order valence-corrected chi connectivity index (χ0v) is 10.0. The predicted octanol–water partition coefficient (Wildman–Crippen LogP) is 1.34. The van der Waals surface area contributed by atoms with Crippen LogP contribution in [0.2, 0.25) is 0 Å². The molecule has 18 heavy (non-hydrogen) atoms. The fourth-order valence-corrected chi connectivity index (χ4v) is 1.59. The number of aromatic hydroxyl groups is 1. The summed E-state index contributed by atoms with van der Waals surface area (Å²) in [7, 11) is 0. The lowest BCUT2D eigenvalue weighted by molar-refractivity contribution is -0.142. The van der Waals surface area contributed by atoms with Crippen LogP contribution in [0.3, 0.4) is 0 Å². The lowest BCUT2D eigenvalue weighted by atomic mass is 9.90. The van der Waals surface area contributed by atoms with E-state index >= 15 is 0 Å². The normalized spacial score (nSPS) is 11.4. The fraction of sp³-hybridized carbons (Fsp3) is 0.250. The maximum Gasteiger partial charge on any atom is 0.315 e. The van der Waals surface area contributed by atoms with Gasteiger partial charge in [-0.25, -0.2) is 4.68 Å². The lowest BCUT2D eigenvalue weighted by Crippen LogP contribution is -2.31. The Kier molecular flexibility index (Phi) is 2.78. The van der Waals surface area contributed by atoms with Crippen LogP contribution in [0.5, 0.6) is 5.75 Å². The summed E-state index contributed by atoms with van der Waals surface area (Å²) < 4.78 is 1.41. The lowest BCUT2D eigenvalue weighted by Gasteiger charge is -2.19. The van der Waals surface area contributed by atoms with Crippen LogP contribution in [0, 0.1) is 0 Å². The first-order valence-corrected chi connectivity index (χ1v) is 5.37. The highest BCUT2D eigenvalue weighted by Gasteiger charge is 2.34. The van der Waals surface area contributed by atoms with Gasteiger partial charge < -0.3 is 10.2 Å². The molecule has 0 saturated heterocycles. The molecule has 0 aliphatic carbocycles. The van der Waals surface area contributed by atoms with Crippen LogP contribution < -0.4 is 0 Å². The first-order valence-electron chi connectivity index (χ1n) is 5.37. The molecule has 2 rings (SSSR count). The van der Waals surface area contributed by atoms with Crippen molar-refractivity contribution < 1.29 is 15.0 Å². The van der Waals surface area contributed by atoms with Crippen LogP contribution in [-0.2, 0) is 10.2 Å². The zero-order chi connectivity index (χ0) is 13.3. The van der Waals surface area contributed by atoms with Gasteiger partial charge in [-0.05, 0) is 26.0 Å². The Balaban J connectivity index is 2.55. The minimum Gasteiger partial charge on any atom is -0.508 e. The highest BCUT2D eigenvalue weighted by atomic mass is 16.4. The van der Waals surface area contributed by atoms with Gasteiger partial charge in [-0.1, -0.05) is 11.3 Å². The summed E-state index contributed by atoms with van der Waals surface area (Å²) >= 11 is 0. The average Bonchev–Trinajstić information content (AvgIpc) is 2.78. The van der Waals surface area contributed by atoms with Gasteiger partial charge in [0.1, 0.15) is 11.2 Å². The van der Waals surface area contributed by atoms with Crippen molar-refractivity contribution in [2.24, 2.45) is 0 Å². The Labute approximate surface area is 103 Å². The zero-order valence-electron chi connectivity index (χ0n) is 10.0. The van der Waals surface area contributed by atoms with E-state index in [4.69, 9.17) is 0 Å². The van der Waals surface area contributed by atoms with Crippen molar-refractivity contribution in [1.29, 1.82) is 0 Å². The van der Waals surface area contributed by atoms with Crippen molar-refractivity contribution in [2.75, 3.05) is 0 Å². The molecule has 6 nitrogen and oxygen atoms in total. The summed E-state index contributed by atoms with van der Waals surface area (Å²) in [5.41, 5.74) is -0.105. The van der Waals surface area contributed by atoms with E-state index in [9.17, 15) is 15.0 Å². The molecule has 0 amide bonds. The first-order chi connectivity index (χ1) is 8.43. The Morgan fingerprint density at radius 3 is 2.72 bits per heavy atom. The topological polar surface area (TPSA) is 88.2 Å². The van der Waals surface area contributed by atoms with Crippen molar-refractivity contribution >= 4 is 5.97 Å². The number of phenolic OH excluding ortho intramolecular Hbond substituents is 1. The summed E-state index contributed by atoms with van der Waals surface area (Å²) in [4.78, 5) is 11.3. The van der Waals surface area contributed by atoms with E-state index in [1.807, 2.05) is 0 Å². The number of hydrogen-bond donors (Lipinski definition) is 2. The van der Waals surface area contributed by atoms with E-state index in [1.54, 1.807) is 26.0 Å². The minimum atomic E-state index is -1.12. The van der Waals surface area contributed by atoms with E-state index in [-0.39, 0.29) is 5.75 Å². The maximum atomic E-state index is 11.3. The minimum absolute atomic E-state index is 0.0853. The van der Waals surface area contributed by atoms with Crippen molar-refractivity contribution in [3.8, 4) is 11.4 Å². The maximum absolute atomic E-state index is 11.3. The van der Waals surface area contributed by atoms with Gasteiger partial charge in [-0.3, -0.25) is 4.79 Å². The molecule has 0 atom stereocenters. The molecular formula is C12H13N3O3. The van der Waals surface area contributed by atoms with Gasteiger partial charge in [0.15, 0.2) is 0 Å². The summed E-state index contributed by atoms with van der Waals surface area (Å²) in [5, 5.41) is 26.3. The summed E-state index contributed by atoms with van der Waals surface area (Å²) in [6.07, 6.45) is 1.41. The van der Waals surface area contributed by atoms with Crippen molar-refractivity contribution in [1.82, 2.24) is 15.0 Å². The van der Waals surface area contributed by atoms with Crippen LogP contribution >= 0.6 is 0 Å². The van der Waals surface area contributed by atoms with Gasteiger partial charge in [-0.2, -0.15) is 0 Å². The van der Waals surface area contributed by atoms with Crippen molar-refractivity contribution in [3.63, 3.8) is 0 Å². The van der Waals surface area contributed by atoms with Crippen LogP contribution in [0.4, 0.5) is 0 Å². The predicted molar refractivity (Wildman–Crippen MR) is 63.7 cm³/mol. The third kappa shape index (κ3) is 1.92. The van der Waals surface area contributed by atoms with Gasteiger partial charge in [0.25, 0.3) is 0 Å². The largest absolute Gasteiger partial charge is 0.508 e. The quantitative estimate of drug-likeness (QED) is 0.854. The molecule has 2 aromatic rings. The van der Waals surface area contributed by atoms with E-state index in [1.165, 1.54) is 23.0 Å².